The van der Waals surface area contributed by atoms with Crippen LogP contribution in [0.5, 0.6) is 0 Å². The van der Waals surface area contributed by atoms with E-state index in [4.69, 9.17) is 0 Å². The Hall–Kier alpha value is -3.04. The Labute approximate surface area is 181 Å². The molecule has 0 aromatic heterocycles. The standard InChI is InChI=1S/C24H25N3O2S/c1-3-4-8-17-11-13-18(14-12-17)15-21-23(29)27(19-9-6-5-7-10-19)24(30-21)20(16-25)22(28)26-2/h5-7,9-14,21H,3-4,8,15H2,1-2H3,(H,26,28)/b24-20-. The molecule has 2 amide bonds. The third kappa shape index (κ3) is 4.74. The van der Waals surface area contributed by atoms with Crippen molar-refractivity contribution in [2.24, 2.45) is 0 Å². The normalized spacial score (nSPS) is 17.6. The van der Waals surface area contributed by atoms with E-state index in [1.807, 2.05) is 36.4 Å². The van der Waals surface area contributed by atoms with E-state index in [9.17, 15) is 14.9 Å². The van der Waals surface area contributed by atoms with Crippen molar-refractivity contribution in [2.45, 2.75) is 37.9 Å². The monoisotopic (exact) mass is 419 g/mol. The second-order valence-corrected chi connectivity index (χ2v) is 8.30. The molecule has 1 aliphatic heterocycles. The van der Waals surface area contributed by atoms with E-state index >= 15 is 0 Å². The highest BCUT2D eigenvalue weighted by atomic mass is 32.2. The Bertz CT molecular complexity index is 978. The van der Waals surface area contributed by atoms with Crippen molar-refractivity contribution in [3.05, 3.63) is 76.3 Å². The summed E-state index contributed by atoms with van der Waals surface area (Å²) in [7, 11) is 1.48. The van der Waals surface area contributed by atoms with E-state index in [-0.39, 0.29) is 11.5 Å². The molecule has 154 valence electrons. The van der Waals surface area contributed by atoms with Gasteiger partial charge in [0.15, 0.2) is 0 Å². The van der Waals surface area contributed by atoms with Crippen LogP contribution >= 0.6 is 11.8 Å². The highest BCUT2D eigenvalue weighted by Crippen LogP contribution is 2.41. The van der Waals surface area contributed by atoms with Crippen LogP contribution in [-0.4, -0.2) is 24.1 Å². The summed E-state index contributed by atoms with van der Waals surface area (Å²) in [4.78, 5) is 27.0. The van der Waals surface area contributed by atoms with Crippen LogP contribution in [0.25, 0.3) is 0 Å². The number of thioether (sulfide) groups is 1. The maximum absolute atomic E-state index is 13.3. The number of anilines is 1. The van der Waals surface area contributed by atoms with Gasteiger partial charge >= 0.3 is 0 Å². The van der Waals surface area contributed by atoms with Crippen LogP contribution in [0.3, 0.4) is 0 Å². The Balaban J connectivity index is 1.90. The molecule has 0 radical (unpaired) electrons. The number of carbonyl (C=O) groups excluding carboxylic acids is 2. The average Bonchev–Trinajstić information content (AvgIpc) is 3.09. The van der Waals surface area contributed by atoms with Gasteiger partial charge in [-0.15, -0.1) is 0 Å². The molecular formula is C24H25N3O2S. The predicted molar refractivity (Wildman–Crippen MR) is 121 cm³/mol. The molecule has 0 bridgehead atoms. The fraction of sp³-hybridized carbons (Fsp3) is 0.292. The van der Waals surface area contributed by atoms with Gasteiger partial charge in [-0.05, 0) is 42.5 Å². The third-order valence-corrected chi connectivity index (χ3v) is 6.27. The summed E-state index contributed by atoms with van der Waals surface area (Å²) in [6.07, 6.45) is 3.91. The highest BCUT2D eigenvalue weighted by Gasteiger charge is 2.40. The average molecular weight is 420 g/mol. The van der Waals surface area contributed by atoms with Crippen molar-refractivity contribution in [3.8, 4) is 6.07 Å². The number of nitrogens with one attached hydrogen (secondary N) is 1. The number of carbonyl (C=O) groups is 2. The largest absolute Gasteiger partial charge is 0.354 e. The van der Waals surface area contributed by atoms with Crippen molar-refractivity contribution in [1.82, 2.24) is 5.32 Å². The maximum atomic E-state index is 13.3. The number of unbranched alkanes of at least 4 members (excludes halogenated alkanes) is 1. The molecule has 30 heavy (non-hydrogen) atoms. The molecule has 2 aromatic rings. The first-order valence-electron chi connectivity index (χ1n) is 10.1. The van der Waals surface area contributed by atoms with Gasteiger partial charge in [0.2, 0.25) is 5.91 Å². The minimum atomic E-state index is -0.491. The lowest BCUT2D eigenvalue weighted by atomic mass is 10.0. The molecule has 1 aliphatic rings. The van der Waals surface area contributed by atoms with Crippen LogP contribution in [-0.2, 0) is 22.4 Å². The zero-order valence-electron chi connectivity index (χ0n) is 17.2. The van der Waals surface area contributed by atoms with Crippen LogP contribution in [0.4, 0.5) is 5.69 Å². The summed E-state index contributed by atoms with van der Waals surface area (Å²) < 4.78 is 0. The SMILES string of the molecule is CCCCc1ccc(CC2S/C(=C(/C#N)C(=O)NC)N(c3ccccc3)C2=O)cc1. The van der Waals surface area contributed by atoms with Gasteiger partial charge in [0.25, 0.3) is 5.91 Å². The number of amides is 2. The molecule has 5 nitrogen and oxygen atoms in total. The highest BCUT2D eigenvalue weighted by molar-refractivity contribution is 8.05. The van der Waals surface area contributed by atoms with E-state index < -0.39 is 11.2 Å². The third-order valence-electron chi connectivity index (χ3n) is 5.01. The number of nitriles is 1. The summed E-state index contributed by atoms with van der Waals surface area (Å²) in [6.45, 7) is 2.18. The zero-order chi connectivity index (χ0) is 21.5. The van der Waals surface area contributed by atoms with Gasteiger partial charge in [-0.25, -0.2) is 0 Å². The first-order valence-corrected chi connectivity index (χ1v) is 11.0. The summed E-state index contributed by atoms with van der Waals surface area (Å²) in [5, 5.41) is 12.1. The Kier molecular flexibility index (Phi) is 7.31. The molecule has 2 aromatic carbocycles. The smallest absolute Gasteiger partial charge is 0.264 e. The first kappa shape index (κ1) is 21.7. The van der Waals surface area contributed by atoms with Crippen molar-refractivity contribution < 1.29 is 9.59 Å². The van der Waals surface area contributed by atoms with Gasteiger partial charge in [-0.3, -0.25) is 14.5 Å². The van der Waals surface area contributed by atoms with E-state index in [1.54, 1.807) is 0 Å². The lowest BCUT2D eigenvalue weighted by molar-refractivity contribution is -0.117. The molecule has 1 atom stereocenters. The molecule has 0 aliphatic carbocycles. The molecule has 1 N–H and O–H groups in total. The number of rotatable bonds is 7. The van der Waals surface area contributed by atoms with Crippen molar-refractivity contribution in [1.29, 1.82) is 5.26 Å². The molecule has 6 heteroatoms. The molecule has 0 saturated carbocycles. The topological polar surface area (TPSA) is 73.2 Å². The number of hydrogen-bond donors (Lipinski definition) is 1. The molecule has 3 rings (SSSR count). The van der Waals surface area contributed by atoms with Gasteiger partial charge in [0.1, 0.15) is 16.7 Å². The first-order chi connectivity index (χ1) is 14.6. The second-order valence-electron chi connectivity index (χ2n) is 7.11. The van der Waals surface area contributed by atoms with Crippen LogP contribution in [0, 0.1) is 11.3 Å². The zero-order valence-corrected chi connectivity index (χ0v) is 18.0. The number of likely N-dealkylation sites (N-methyl/N-ethyl adjacent to an activating group) is 1. The Morgan fingerprint density at radius 3 is 2.40 bits per heavy atom. The van der Waals surface area contributed by atoms with Crippen molar-refractivity contribution in [2.75, 3.05) is 11.9 Å². The molecule has 0 spiro atoms. The number of benzene rings is 2. The fourth-order valence-corrected chi connectivity index (χ4v) is 4.67. The van der Waals surface area contributed by atoms with Crippen molar-refractivity contribution in [3.63, 3.8) is 0 Å². The van der Waals surface area contributed by atoms with Crippen LogP contribution in [0.2, 0.25) is 0 Å². The Morgan fingerprint density at radius 2 is 1.80 bits per heavy atom. The number of para-hydroxylation sites is 1. The quantitative estimate of drug-likeness (QED) is 0.539. The fourth-order valence-electron chi connectivity index (χ4n) is 3.36. The summed E-state index contributed by atoms with van der Waals surface area (Å²) in [6, 6.07) is 19.5. The van der Waals surface area contributed by atoms with E-state index in [0.717, 1.165) is 24.8 Å². The maximum Gasteiger partial charge on any atom is 0.264 e. The summed E-state index contributed by atoms with van der Waals surface area (Å²) in [5.74, 6) is -0.609. The molecule has 1 fully saturated rings. The second kappa shape index (κ2) is 10.1. The molecule has 1 heterocycles. The molecule has 1 unspecified atom stereocenters. The van der Waals surface area contributed by atoms with E-state index in [0.29, 0.717) is 17.1 Å². The van der Waals surface area contributed by atoms with E-state index in [2.05, 4.69) is 36.5 Å². The van der Waals surface area contributed by atoms with Crippen molar-refractivity contribution >= 4 is 29.3 Å². The lowest BCUT2D eigenvalue weighted by Crippen LogP contribution is -2.31. The Morgan fingerprint density at radius 1 is 1.13 bits per heavy atom. The van der Waals surface area contributed by atoms with Crippen LogP contribution < -0.4 is 10.2 Å². The number of hydrogen-bond acceptors (Lipinski definition) is 4. The van der Waals surface area contributed by atoms with Gasteiger partial charge in [-0.2, -0.15) is 5.26 Å². The summed E-state index contributed by atoms with van der Waals surface area (Å²) >= 11 is 1.28. The lowest BCUT2D eigenvalue weighted by Gasteiger charge is -2.18. The minimum Gasteiger partial charge on any atom is -0.354 e. The van der Waals surface area contributed by atoms with Gasteiger partial charge in [0, 0.05) is 12.7 Å². The molecular weight excluding hydrogens is 394 g/mol. The summed E-state index contributed by atoms with van der Waals surface area (Å²) in [5.41, 5.74) is 2.97. The van der Waals surface area contributed by atoms with Gasteiger partial charge in [0.05, 0.1) is 5.25 Å². The predicted octanol–water partition coefficient (Wildman–Crippen LogP) is 4.20. The van der Waals surface area contributed by atoms with Gasteiger partial charge in [-0.1, -0.05) is 67.6 Å². The van der Waals surface area contributed by atoms with E-state index in [1.165, 1.54) is 29.3 Å². The number of nitrogens with zero attached hydrogens (tertiary/aromatic N) is 2. The van der Waals surface area contributed by atoms with Crippen LogP contribution in [0.15, 0.2) is 65.2 Å². The molecule has 1 saturated heterocycles. The van der Waals surface area contributed by atoms with Crippen LogP contribution in [0.1, 0.15) is 30.9 Å². The number of aryl methyl sites for hydroxylation is 1. The minimum absolute atomic E-state index is 0.0443. The van der Waals surface area contributed by atoms with Gasteiger partial charge < -0.3 is 5.32 Å².